The first kappa shape index (κ1) is 24.3. The molecular formula is C28H30N2O5. The van der Waals surface area contributed by atoms with E-state index in [1.807, 2.05) is 24.3 Å². The van der Waals surface area contributed by atoms with Crippen molar-refractivity contribution < 1.29 is 24.2 Å². The summed E-state index contributed by atoms with van der Waals surface area (Å²) in [5.74, 6) is 0.622. The van der Waals surface area contributed by atoms with E-state index in [2.05, 4.69) is 40.8 Å². The molecule has 0 heterocycles. The van der Waals surface area contributed by atoms with Crippen molar-refractivity contribution in [2.45, 2.75) is 56.5 Å². The summed E-state index contributed by atoms with van der Waals surface area (Å²) < 4.78 is 5.67. The van der Waals surface area contributed by atoms with Crippen LogP contribution in [0, 0.1) is 18.3 Å². The van der Waals surface area contributed by atoms with Gasteiger partial charge in [0.25, 0.3) is 0 Å². The van der Waals surface area contributed by atoms with Gasteiger partial charge in [0, 0.05) is 24.8 Å². The van der Waals surface area contributed by atoms with Gasteiger partial charge in [-0.1, -0.05) is 61.4 Å². The minimum atomic E-state index is -1.16. The van der Waals surface area contributed by atoms with Gasteiger partial charge in [-0.2, -0.15) is 0 Å². The Morgan fingerprint density at radius 3 is 2.29 bits per heavy atom. The molecule has 0 spiro atoms. The molecule has 2 aliphatic carbocycles. The largest absolute Gasteiger partial charge is 0.480 e. The Balaban J connectivity index is 1.34. The van der Waals surface area contributed by atoms with Crippen LogP contribution in [0.5, 0.6) is 0 Å². The molecule has 0 aliphatic heterocycles. The van der Waals surface area contributed by atoms with Gasteiger partial charge in [0.1, 0.15) is 12.6 Å². The monoisotopic (exact) mass is 474 g/mol. The van der Waals surface area contributed by atoms with Gasteiger partial charge in [0.2, 0.25) is 5.91 Å². The van der Waals surface area contributed by atoms with Crippen molar-refractivity contribution in [2.75, 3.05) is 6.61 Å². The average Bonchev–Trinajstić information content (AvgIpc) is 3.17. The van der Waals surface area contributed by atoms with Crippen LogP contribution in [0.25, 0.3) is 11.1 Å². The standard InChI is InChI=1S/C28H30N2O5/c1-2-9-25(27(32)33)29-26(31)16-18-10-3-8-15-24(18)30-28(34)35-17-23-21-13-6-4-11-19(21)20-12-5-7-14-22(20)23/h1,4-7,11-14,18,23-25H,3,8-10,15-17H2,(H,29,31)(H,30,34)(H,32,33). The first-order chi connectivity index (χ1) is 17.0. The fourth-order valence-corrected chi connectivity index (χ4v) is 5.24. The molecule has 4 rings (SSSR count). The number of carboxylic acids is 1. The second-order valence-corrected chi connectivity index (χ2v) is 9.19. The summed E-state index contributed by atoms with van der Waals surface area (Å²) >= 11 is 0. The van der Waals surface area contributed by atoms with Crippen molar-refractivity contribution in [3.05, 3.63) is 59.7 Å². The second-order valence-electron chi connectivity index (χ2n) is 9.19. The van der Waals surface area contributed by atoms with Crippen molar-refractivity contribution in [1.82, 2.24) is 10.6 Å². The van der Waals surface area contributed by atoms with E-state index in [0.29, 0.717) is 0 Å². The van der Waals surface area contributed by atoms with E-state index in [9.17, 15) is 19.5 Å². The number of amides is 2. The lowest BCUT2D eigenvalue weighted by molar-refractivity contribution is -0.141. The molecule has 7 nitrogen and oxygen atoms in total. The van der Waals surface area contributed by atoms with Crippen molar-refractivity contribution >= 4 is 18.0 Å². The summed E-state index contributed by atoms with van der Waals surface area (Å²) in [6.45, 7) is 0.226. The Morgan fingerprint density at radius 2 is 1.66 bits per heavy atom. The zero-order valence-corrected chi connectivity index (χ0v) is 19.5. The van der Waals surface area contributed by atoms with E-state index in [-0.39, 0.29) is 43.2 Å². The quantitative estimate of drug-likeness (QED) is 0.501. The predicted octanol–water partition coefficient (Wildman–Crippen LogP) is 4.07. The van der Waals surface area contributed by atoms with Gasteiger partial charge in [-0.3, -0.25) is 4.79 Å². The summed E-state index contributed by atoms with van der Waals surface area (Å²) in [5, 5.41) is 14.7. The zero-order valence-electron chi connectivity index (χ0n) is 19.5. The zero-order chi connectivity index (χ0) is 24.8. The van der Waals surface area contributed by atoms with Gasteiger partial charge >= 0.3 is 12.1 Å². The average molecular weight is 475 g/mol. The van der Waals surface area contributed by atoms with Crippen LogP contribution < -0.4 is 10.6 Å². The van der Waals surface area contributed by atoms with Crippen LogP contribution in [0.3, 0.4) is 0 Å². The first-order valence-corrected chi connectivity index (χ1v) is 12.0. The van der Waals surface area contributed by atoms with E-state index in [4.69, 9.17) is 11.2 Å². The summed E-state index contributed by atoms with van der Waals surface area (Å²) in [7, 11) is 0. The summed E-state index contributed by atoms with van der Waals surface area (Å²) in [4.78, 5) is 36.5. The van der Waals surface area contributed by atoms with Crippen molar-refractivity contribution in [2.24, 2.45) is 5.92 Å². The molecule has 2 amide bonds. The molecule has 0 saturated heterocycles. The molecule has 0 aromatic heterocycles. The number of rotatable bonds is 8. The number of ether oxygens (including phenoxy) is 1. The number of hydrogen-bond acceptors (Lipinski definition) is 4. The molecule has 35 heavy (non-hydrogen) atoms. The predicted molar refractivity (Wildman–Crippen MR) is 132 cm³/mol. The highest BCUT2D eigenvalue weighted by Gasteiger charge is 2.32. The SMILES string of the molecule is C#CCC(NC(=O)CC1CCCCC1NC(=O)OCC1c2ccccc2-c2ccccc21)C(=O)O. The van der Waals surface area contributed by atoms with Crippen LogP contribution >= 0.6 is 0 Å². The number of carboxylic acid groups (broad SMARTS) is 1. The molecule has 1 saturated carbocycles. The molecule has 2 aromatic rings. The number of alkyl carbamates (subject to hydrolysis) is 1. The molecule has 3 atom stereocenters. The van der Waals surface area contributed by atoms with Gasteiger partial charge in [0.05, 0.1) is 0 Å². The second kappa shape index (κ2) is 11.1. The van der Waals surface area contributed by atoms with Gasteiger partial charge in [-0.15, -0.1) is 12.3 Å². The number of aliphatic carboxylic acids is 1. The maximum Gasteiger partial charge on any atom is 0.407 e. The molecule has 0 bridgehead atoms. The van der Waals surface area contributed by atoms with Crippen molar-refractivity contribution in [3.8, 4) is 23.5 Å². The Bertz CT molecular complexity index is 1090. The van der Waals surface area contributed by atoms with Gasteiger partial charge in [-0.05, 0) is 41.0 Å². The molecule has 2 aliphatic rings. The summed E-state index contributed by atoms with van der Waals surface area (Å²) in [5.41, 5.74) is 4.63. The summed E-state index contributed by atoms with van der Waals surface area (Å²) in [6, 6.07) is 15.0. The molecule has 2 aromatic carbocycles. The third-order valence-corrected chi connectivity index (χ3v) is 6.96. The van der Waals surface area contributed by atoms with Crippen molar-refractivity contribution in [1.29, 1.82) is 0 Å². The minimum absolute atomic E-state index is 0.0230. The van der Waals surface area contributed by atoms with Gasteiger partial charge in [-0.25, -0.2) is 9.59 Å². The Kier molecular flexibility index (Phi) is 7.71. The highest BCUT2D eigenvalue weighted by molar-refractivity contribution is 5.84. The number of fused-ring (bicyclic) bond motifs is 3. The number of carbonyl (C=O) groups excluding carboxylic acids is 2. The lowest BCUT2D eigenvalue weighted by atomic mass is 9.82. The van der Waals surface area contributed by atoms with Crippen LogP contribution in [0.1, 0.15) is 55.6 Å². The van der Waals surface area contributed by atoms with Gasteiger partial charge in [0.15, 0.2) is 0 Å². The van der Waals surface area contributed by atoms with Crippen LogP contribution in [-0.4, -0.2) is 41.8 Å². The number of hydrogen-bond donors (Lipinski definition) is 3. The first-order valence-electron chi connectivity index (χ1n) is 12.0. The molecule has 182 valence electrons. The smallest absolute Gasteiger partial charge is 0.407 e. The molecular weight excluding hydrogens is 444 g/mol. The Labute approximate surface area is 205 Å². The minimum Gasteiger partial charge on any atom is -0.480 e. The van der Waals surface area contributed by atoms with E-state index >= 15 is 0 Å². The molecule has 0 radical (unpaired) electrons. The maximum atomic E-state index is 12.7. The number of nitrogens with one attached hydrogen (secondary N) is 2. The lowest BCUT2D eigenvalue weighted by Crippen LogP contribution is -2.46. The lowest BCUT2D eigenvalue weighted by Gasteiger charge is -2.32. The molecule has 7 heteroatoms. The number of benzene rings is 2. The molecule has 3 N–H and O–H groups in total. The van der Waals surface area contributed by atoms with Crippen LogP contribution in [0.4, 0.5) is 4.79 Å². The van der Waals surface area contributed by atoms with Gasteiger partial charge < -0.3 is 20.5 Å². The third-order valence-electron chi connectivity index (χ3n) is 6.96. The fourth-order valence-electron chi connectivity index (χ4n) is 5.24. The van der Waals surface area contributed by atoms with E-state index in [0.717, 1.165) is 36.8 Å². The topological polar surface area (TPSA) is 105 Å². The highest BCUT2D eigenvalue weighted by Crippen LogP contribution is 2.44. The summed E-state index contributed by atoms with van der Waals surface area (Å²) in [6.07, 6.45) is 8.17. The molecule has 1 fully saturated rings. The van der Waals surface area contributed by atoms with E-state index in [1.165, 1.54) is 11.1 Å². The van der Waals surface area contributed by atoms with Crippen LogP contribution in [0.2, 0.25) is 0 Å². The fraction of sp³-hybridized carbons (Fsp3) is 0.393. The Morgan fingerprint density at radius 1 is 1.03 bits per heavy atom. The van der Waals surface area contributed by atoms with Crippen LogP contribution in [0.15, 0.2) is 48.5 Å². The highest BCUT2D eigenvalue weighted by atomic mass is 16.5. The maximum absolute atomic E-state index is 12.7. The Hall–Kier alpha value is -3.79. The van der Waals surface area contributed by atoms with Crippen molar-refractivity contribution in [3.63, 3.8) is 0 Å². The number of carbonyl (C=O) groups is 3. The normalized spacial score (nSPS) is 19.5. The van der Waals surface area contributed by atoms with E-state index < -0.39 is 18.1 Å². The van der Waals surface area contributed by atoms with E-state index in [1.54, 1.807) is 0 Å². The van der Waals surface area contributed by atoms with Crippen LogP contribution in [-0.2, 0) is 14.3 Å². The third kappa shape index (κ3) is 5.65. The number of terminal acetylenes is 1. The molecule has 3 unspecified atom stereocenters.